The molecule has 1 amide bonds. The van der Waals surface area contributed by atoms with E-state index in [4.69, 9.17) is 9.84 Å². The fourth-order valence-corrected chi connectivity index (χ4v) is 3.69. The van der Waals surface area contributed by atoms with E-state index in [2.05, 4.69) is 0 Å². The summed E-state index contributed by atoms with van der Waals surface area (Å²) in [6.45, 7) is 4.08. The lowest BCUT2D eigenvalue weighted by atomic mass is 10.2. The minimum atomic E-state index is -3.50. The maximum absolute atomic E-state index is 12.0. The van der Waals surface area contributed by atoms with Gasteiger partial charge in [0.2, 0.25) is 0 Å². The van der Waals surface area contributed by atoms with Gasteiger partial charge in [-0.05, 0) is 20.8 Å². The minimum Gasteiger partial charge on any atom is -0.480 e. The Kier molecular flexibility index (Phi) is 4.65. The molecular weight excluding hydrogens is 290 g/mol. The lowest BCUT2D eigenvalue weighted by molar-refractivity contribution is -0.139. The molecule has 0 bridgehead atoms. The Morgan fingerprint density at radius 2 is 1.85 bits per heavy atom. The Bertz CT molecular complexity index is 493. The highest BCUT2D eigenvalue weighted by atomic mass is 32.2. The molecular formula is C11H19NO7S. The lowest BCUT2D eigenvalue weighted by Crippen LogP contribution is -2.50. The average molecular weight is 309 g/mol. The molecule has 9 heteroatoms. The van der Waals surface area contributed by atoms with E-state index in [1.165, 1.54) is 0 Å². The summed E-state index contributed by atoms with van der Waals surface area (Å²) in [4.78, 5) is 23.5. The summed E-state index contributed by atoms with van der Waals surface area (Å²) in [5.74, 6) is -2.27. The number of carbonyl (C=O) groups is 2. The van der Waals surface area contributed by atoms with Gasteiger partial charge in [-0.3, -0.25) is 9.69 Å². The van der Waals surface area contributed by atoms with Crippen LogP contribution < -0.4 is 0 Å². The van der Waals surface area contributed by atoms with E-state index in [1.54, 1.807) is 20.8 Å². The molecule has 0 unspecified atom stereocenters. The van der Waals surface area contributed by atoms with Gasteiger partial charge in [-0.2, -0.15) is 0 Å². The van der Waals surface area contributed by atoms with Crippen molar-refractivity contribution in [2.24, 2.45) is 0 Å². The van der Waals surface area contributed by atoms with Gasteiger partial charge in [0.05, 0.1) is 23.7 Å². The third-order valence-electron chi connectivity index (χ3n) is 2.63. The summed E-state index contributed by atoms with van der Waals surface area (Å²) in [5, 5.41) is 18.6. The van der Waals surface area contributed by atoms with Crippen molar-refractivity contribution in [3.8, 4) is 0 Å². The zero-order chi connectivity index (χ0) is 15.7. The zero-order valence-electron chi connectivity index (χ0n) is 11.6. The predicted molar refractivity (Wildman–Crippen MR) is 69.0 cm³/mol. The van der Waals surface area contributed by atoms with Crippen LogP contribution in [0, 0.1) is 0 Å². The topological polar surface area (TPSA) is 121 Å². The summed E-state index contributed by atoms with van der Waals surface area (Å²) in [6.07, 6.45) is -2.27. The first kappa shape index (κ1) is 16.7. The Morgan fingerprint density at radius 3 is 2.20 bits per heavy atom. The van der Waals surface area contributed by atoms with Gasteiger partial charge in [0.15, 0.2) is 9.84 Å². The number of aliphatic carboxylic acids is 1. The highest BCUT2D eigenvalue weighted by molar-refractivity contribution is 7.91. The van der Waals surface area contributed by atoms with E-state index in [1.807, 2.05) is 0 Å². The van der Waals surface area contributed by atoms with E-state index < -0.39 is 57.7 Å². The molecule has 1 rings (SSSR count). The van der Waals surface area contributed by atoms with E-state index in [0.29, 0.717) is 0 Å². The van der Waals surface area contributed by atoms with E-state index in [-0.39, 0.29) is 0 Å². The van der Waals surface area contributed by atoms with Crippen LogP contribution in [0.3, 0.4) is 0 Å². The van der Waals surface area contributed by atoms with Crippen molar-refractivity contribution in [3.63, 3.8) is 0 Å². The highest BCUT2D eigenvalue weighted by Crippen LogP contribution is 2.21. The number of carboxylic acid groups (broad SMARTS) is 1. The van der Waals surface area contributed by atoms with E-state index in [0.717, 1.165) is 4.90 Å². The standard InChI is InChI=1S/C11H19NO7S/c1-11(2,3)19-10(16)12(4-9(14)15)7-5-20(17,18)6-8(7)13/h7-8,13H,4-6H2,1-3H3,(H,14,15)/t7-,8+/m1/s1. The molecule has 1 heterocycles. The van der Waals surface area contributed by atoms with Crippen LogP contribution in [0.1, 0.15) is 20.8 Å². The minimum absolute atomic E-state index is 0.472. The predicted octanol–water partition coefficient (Wildman–Crippen LogP) is -0.534. The Labute approximate surface area is 117 Å². The molecule has 8 nitrogen and oxygen atoms in total. The van der Waals surface area contributed by atoms with E-state index >= 15 is 0 Å². The second-order valence-electron chi connectivity index (χ2n) is 5.71. The Morgan fingerprint density at radius 1 is 1.30 bits per heavy atom. The highest BCUT2D eigenvalue weighted by Gasteiger charge is 2.43. The molecule has 2 atom stereocenters. The monoisotopic (exact) mass is 309 g/mol. The molecule has 0 aromatic carbocycles. The molecule has 0 radical (unpaired) electrons. The van der Waals surface area contributed by atoms with E-state index in [9.17, 15) is 23.1 Å². The van der Waals surface area contributed by atoms with Crippen molar-refractivity contribution in [3.05, 3.63) is 0 Å². The number of ether oxygens (including phenoxy) is 1. The number of amides is 1. The van der Waals surface area contributed by atoms with Crippen molar-refractivity contribution in [1.82, 2.24) is 4.90 Å². The molecule has 116 valence electrons. The number of hydrogen-bond acceptors (Lipinski definition) is 6. The second-order valence-corrected chi connectivity index (χ2v) is 7.87. The molecule has 0 aromatic rings. The summed E-state index contributed by atoms with van der Waals surface area (Å²) in [5.41, 5.74) is -0.851. The van der Waals surface area contributed by atoms with Crippen LogP contribution >= 0.6 is 0 Å². The third kappa shape index (κ3) is 4.64. The van der Waals surface area contributed by atoms with Crippen LogP contribution in [0.15, 0.2) is 0 Å². The van der Waals surface area contributed by atoms with Crippen molar-refractivity contribution < 1.29 is 33.0 Å². The van der Waals surface area contributed by atoms with Crippen LogP contribution in [0.5, 0.6) is 0 Å². The fraction of sp³-hybridized carbons (Fsp3) is 0.818. The third-order valence-corrected chi connectivity index (χ3v) is 4.33. The van der Waals surface area contributed by atoms with Gasteiger partial charge >= 0.3 is 12.1 Å². The number of carboxylic acids is 1. The summed E-state index contributed by atoms with van der Waals surface area (Å²) < 4.78 is 28.0. The van der Waals surface area contributed by atoms with Gasteiger partial charge in [-0.25, -0.2) is 13.2 Å². The van der Waals surface area contributed by atoms with Crippen LogP contribution in [0.2, 0.25) is 0 Å². The van der Waals surface area contributed by atoms with Gasteiger partial charge < -0.3 is 14.9 Å². The van der Waals surface area contributed by atoms with Crippen molar-refractivity contribution in [2.45, 2.75) is 38.5 Å². The number of nitrogens with zero attached hydrogens (tertiary/aromatic N) is 1. The number of rotatable bonds is 3. The molecule has 0 saturated carbocycles. The van der Waals surface area contributed by atoms with Gasteiger partial charge in [0, 0.05) is 0 Å². The number of aliphatic hydroxyl groups excluding tert-OH is 1. The first-order valence-corrected chi connectivity index (χ1v) is 7.83. The first-order valence-electron chi connectivity index (χ1n) is 6.01. The van der Waals surface area contributed by atoms with Crippen LogP contribution in [-0.2, 0) is 19.4 Å². The number of aliphatic hydroxyl groups is 1. The molecule has 2 N–H and O–H groups in total. The Balaban J connectivity index is 2.95. The smallest absolute Gasteiger partial charge is 0.411 e. The molecule has 0 spiro atoms. The normalized spacial score (nSPS) is 25.2. The van der Waals surface area contributed by atoms with Crippen molar-refractivity contribution >= 4 is 21.9 Å². The molecule has 20 heavy (non-hydrogen) atoms. The zero-order valence-corrected chi connectivity index (χ0v) is 12.4. The SMILES string of the molecule is CC(C)(C)OC(=O)N(CC(=O)O)[C@@H]1CS(=O)(=O)C[C@@H]1O. The number of hydrogen-bond donors (Lipinski definition) is 2. The quantitative estimate of drug-likeness (QED) is 0.718. The first-order chi connectivity index (χ1) is 8.91. The van der Waals surface area contributed by atoms with Crippen LogP contribution in [0.4, 0.5) is 4.79 Å². The Hall–Kier alpha value is -1.35. The van der Waals surface area contributed by atoms with Crippen molar-refractivity contribution in [1.29, 1.82) is 0 Å². The maximum atomic E-state index is 12.0. The summed E-state index contributed by atoms with van der Waals surface area (Å²) in [7, 11) is -3.50. The van der Waals surface area contributed by atoms with Gasteiger partial charge in [0.1, 0.15) is 12.1 Å². The van der Waals surface area contributed by atoms with Gasteiger partial charge in [-0.15, -0.1) is 0 Å². The second kappa shape index (κ2) is 5.57. The van der Waals surface area contributed by atoms with Gasteiger partial charge in [-0.1, -0.05) is 0 Å². The molecule has 1 fully saturated rings. The lowest BCUT2D eigenvalue weighted by Gasteiger charge is -2.31. The van der Waals surface area contributed by atoms with Crippen LogP contribution in [0.25, 0.3) is 0 Å². The number of sulfone groups is 1. The average Bonchev–Trinajstić information content (AvgIpc) is 2.45. The largest absolute Gasteiger partial charge is 0.480 e. The molecule has 1 saturated heterocycles. The fourth-order valence-electron chi connectivity index (χ4n) is 1.89. The maximum Gasteiger partial charge on any atom is 0.411 e. The van der Waals surface area contributed by atoms with Crippen molar-refractivity contribution in [2.75, 3.05) is 18.1 Å². The number of carbonyl (C=O) groups excluding carboxylic acids is 1. The van der Waals surface area contributed by atoms with Gasteiger partial charge in [0.25, 0.3) is 0 Å². The summed E-state index contributed by atoms with van der Waals surface area (Å²) in [6, 6.07) is -1.11. The molecule has 0 aromatic heterocycles. The van der Waals surface area contributed by atoms with Crippen LogP contribution in [-0.4, -0.2) is 71.4 Å². The molecule has 1 aliphatic heterocycles. The molecule has 1 aliphatic rings. The summed E-state index contributed by atoms with van der Waals surface area (Å²) >= 11 is 0. The molecule has 0 aliphatic carbocycles.